The number of aromatic nitrogens is 2. The molecule has 1 fully saturated rings. The van der Waals surface area contributed by atoms with Crippen LogP contribution in [0.4, 0.5) is 11.8 Å². The van der Waals surface area contributed by atoms with Gasteiger partial charge in [0.25, 0.3) is 0 Å². The summed E-state index contributed by atoms with van der Waals surface area (Å²) in [5, 5.41) is 3.43. The van der Waals surface area contributed by atoms with Gasteiger partial charge < -0.3 is 15.1 Å². The Bertz CT molecular complexity index is 379. The Labute approximate surface area is 109 Å². The number of rotatable bonds is 5. The monoisotopic (exact) mass is 249 g/mol. The summed E-state index contributed by atoms with van der Waals surface area (Å²) in [7, 11) is 3.94. The standard InChI is InChI=1S/C13H23N5/c1-4-14-10-11-6-5-9-18(11)12-7-8-15-13(16-12)17(2)3/h7-8,11,14H,4-6,9-10H2,1-3H3. The van der Waals surface area contributed by atoms with E-state index >= 15 is 0 Å². The van der Waals surface area contributed by atoms with Crippen molar-refractivity contribution in [3.05, 3.63) is 12.3 Å². The Hall–Kier alpha value is -1.36. The Balaban J connectivity index is 2.11. The predicted octanol–water partition coefficient (Wildman–Crippen LogP) is 1.12. The second-order valence-electron chi connectivity index (χ2n) is 4.91. The first-order valence-corrected chi connectivity index (χ1v) is 6.70. The summed E-state index contributed by atoms with van der Waals surface area (Å²) in [5.41, 5.74) is 0. The zero-order valence-corrected chi connectivity index (χ0v) is 11.6. The maximum absolute atomic E-state index is 4.63. The Morgan fingerprint density at radius 2 is 2.33 bits per heavy atom. The number of likely N-dealkylation sites (N-methyl/N-ethyl adjacent to an activating group) is 1. The van der Waals surface area contributed by atoms with E-state index in [4.69, 9.17) is 0 Å². The van der Waals surface area contributed by atoms with Crippen LogP contribution in [0.2, 0.25) is 0 Å². The molecule has 100 valence electrons. The molecule has 1 aliphatic rings. The maximum atomic E-state index is 4.63. The summed E-state index contributed by atoms with van der Waals surface area (Å²) in [5.74, 6) is 1.83. The zero-order valence-electron chi connectivity index (χ0n) is 11.6. The largest absolute Gasteiger partial charge is 0.352 e. The minimum absolute atomic E-state index is 0.565. The van der Waals surface area contributed by atoms with E-state index in [2.05, 4.69) is 27.1 Å². The first-order chi connectivity index (χ1) is 8.72. The van der Waals surface area contributed by atoms with Crippen LogP contribution >= 0.6 is 0 Å². The molecule has 1 saturated heterocycles. The van der Waals surface area contributed by atoms with E-state index in [0.29, 0.717) is 6.04 Å². The quantitative estimate of drug-likeness (QED) is 0.847. The number of hydrogen-bond donors (Lipinski definition) is 1. The molecule has 1 unspecified atom stereocenters. The number of anilines is 2. The molecule has 5 nitrogen and oxygen atoms in total. The van der Waals surface area contributed by atoms with Gasteiger partial charge in [0.1, 0.15) is 5.82 Å². The summed E-state index contributed by atoms with van der Waals surface area (Å²) < 4.78 is 0. The van der Waals surface area contributed by atoms with Crippen molar-refractivity contribution in [2.24, 2.45) is 0 Å². The average Bonchev–Trinajstić information content (AvgIpc) is 2.84. The fourth-order valence-corrected chi connectivity index (χ4v) is 2.38. The van der Waals surface area contributed by atoms with Crippen molar-refractivity contribution in [1.82, 2.24) is 15.3 Å². The molecule has 0 aliphatic carbocycles. The molecule has 0 bridgehead atoms. The fraction of sp³-hybridized carbons (Fsp3) is 0.692. The predicted molar refractivity (Wildman–Crippen MR) is 75.3 cm³/mol. The van der Waals surface area contributed by atoms with Gasteiger partial charge in [0.05, 0.1) is 0 Å². The van der Waals surface area contributed by atoms with Gasteiger partial charge in [-0.25, -0.2) is 4.98 Å². The molecule has 1 aliphatic heterocycles. The lowest BCUT2D eigenvalue weighted by Gasteiger charge is -2.26. The number of nitrogens with zero attached hydrogens (tertiary/aromatic N) is 4. The van der Waals surface area contributed by atoms with Gasteiger partial charge in [0.2, 0.25) is 5.95 Å². The Kier molecular flexibility index (Phi) is 4.36. The van der Waals surface area contributed by atoms with Crippen molar-refractivity contribution >= 4 is 11.8 Å². The third-order valence-electron chi connectivity index (χ3n) is 3.33. The summed E-state index contributed by atoms with van der Waals surface area (Å²) in [6.45, 7) is 5.31. The van der Waals surface area contributed by atoms with Crippen molar-refractivity contribution in [2.75, 3.05) is 43.5 Å². The molecule has 2 heterocycles. The highest BCUT2D eigenvalue weighted by Gasteiger charge is 2.25. The summed E-state index contributed by atoms with van der Waals surface area (Å²) in [6, 6.07) is 2.58. The molecule has 0 spiro atoms. The molecule has 5 heteroatoms. The smallest absolute Gasteiger partial charge is 0.226 e. The van der Waals surface area contributed by atoms with Crippen LogP contribution < -0.4 is 15.1 Å². The van der Waals surface area contributed by atoms with E-state index in [1.807, 2.05) is 31.3 Å². The van der Waals surface area contributed by atoms with Crippen LogP contribution in [0, 0.1) is 0 Å². The lowest BCUT2D eigenvalue weighted by molar-refractivity contribution is 0.584. The molecule has 18 heavy (non-hydrogen) atoms. The highest BCUT2D eigenvalue weighted by Crippen LogP contribution is 2.24. The molecule has 2 rings (SSSR count). The van der Waals surface area contributed by atoms with Gasteiger partial charge in [-0.1, -0.05) is 6.92 Å². The molecule has 0 radical (unpaired) electrons. The van der Waals surface area contributed by atoms with Gasteiger partial charge in [-0.05, 0) is 25.5 Å². The van der Waals surface area contributed by atoms with Crippen molar-refractivity contribution in [3.63, 3.8) is 0 Å². The third-order valence-corrected chi connectivity index (χ3v) is 3.33. The second kappa shape index (κ2) is 6.00. The number of nitrogens with one attached hydrogen (secondary N) is 1. The van der Waals surface area contributed by atoms with E-state index in [-0.39, 0.29) is 0 Å². The topological polar surface area (TPSA) is 44.3 Å². The van der Waals surface area contributed by atoms with Crippen LogP contribution in [0.25, 0.3) is 0 Å². The molecule has 0 aromatic carbocycles. The van der Waals surface area contributed by atoms with Gasteiger partial charge in [-0.15, -0.1) is 0 Å². The van der Waals surface area contributed by atoms with Crippen molar-refractivity contribution in [2.45, 2.75) is 25.8 Å². The van der Waals surface area contributed by atoms with Crippen LogP contribution in [-0.2, 0) is 0 Å². The Morgan fingerprint density at radius 1 is 1.50 bits per heavy atom. The van der Waals surface area contributed by atoms with Gasteiger partial charge in [0, 0.05) is 39.4 Å². The van der Waals surface area contributed by atoms with Gasteiger partial charge in [0.15, 0.2) is 0 Å². The molecule has 1 aromatic heterocycles. The molecule has 0 amide bonds. The SMILES string of the molecule is CCNCC1CCCN1c1ccnc(N(C)C)n1. The minimum atomic E-state index is 0.565. The number of hydrogen-bond acceptors (Lipinski definition) is 5. The molecular weight excluding hydrogens is 226 g/mol. The van der Waals surface area contributed by atoms with E-state index in [1.165, 1.54) is 12.8 Å². The first-order valence-electron chi connectivity index (χ1n) is 6.70. The zero-order chi connectivity index (χ0) is 13.0. The van der Waals surface area contributed by atoms with Gasteiger partial charge in [-0.3, -0.25) is 0 Å². The molecule has 1 aromatic rings. The van der Waals surface area contributed by atoms with E-state index < -0.39 is 0 Å². The van der Waals surface area contributed by atoms with Crippen LogP contribution in [0.15, 0.2) is 12.3 Å². The summed E-state index contributed by atoms with van der Waals surface area (Å²) >= 11 is 0. The third kappa shape index (κ3) is 2.90. The van der Waals surface area contributed by atoms with E-state index in [0.717, 1.165) is 31.4 Å². The van der Waals surface area contributed by atoms with Crippen LogP contribution in [0.5, 0.6) is 0 Å². The maximum Gasteiger partial charge on any atom is 0.226 e. The van der Waals surface area contributed by atoms with Crippen molar-refractivity contribution in [1.29, 1.82) is 0 Å². The van der Waals surface area contributed by atoms with Gasteiger partial charge in [-0.2, -0.15) is 4.98 Å². The molecular formula is C13H23N5. The highest BCUT2D eigenvalue weighted by molar-refractivity contribution is 5.45. The molecule has 0 saturated carbocycles. The van der Waals surface area contributed by atoms with Crippen LogP contribution in [-0.4, -0.2) is 49.7 Å². The lowest BCUT2D eigenvalue weighted by atomic mass is 10.2. The second-order valence-corrected chi connectivity index (χ2v) is 4.91. The van der Waals surface area contributed by atoms with Crippen LogP contribution in [0.3, 0.4) is 0 Å². The van der Waals surface area contributed by atoms with E-state index in [9.17, 15) is 0 Å². The lowest BCUT2D eigenvalue weighted by Crippen LogP contribution is -2.38. The van der Waals surface area contributed by atoms with Crippen LogP contribution in [0.1, 0.15) is 19.8 Å². The van der Waals surface area contributed by atoms with E-state index in [1.54, 1.807) is 0 Å². The average molecular weight is 249 g/mol. The highest BCUT2D eigenvalue weighted by atomic mass is 15.3. The summed E-state index contributed by atoms with van der Waals surface area (Å²) in [6.07, 6.45) is 4.34. The van der Waals surface area contributed by atoms with Crippen molar-refractivity contribution in [3.8, 4) is 0 Å². The van der Waals surface area contributed by atoms with Gasteiger partial charge >= 0.3 is 0 Å². The Morgan fingerprint density at radius 3 is 3.06 bits per heavy atom. The molecule has 1 atom stereocenters. The molecule has 1 N–H and O–H groups in total. The minimum Gasteiger partial charge on any atom is -0.352 e. The first kappa shape index (κ1) is 13.1. The fourth-order valence-electron chi connectivity index (χ4n) is 2.38. The normalized spacial score (nSPS) is 19.3. The summed E-state index contributed by atoms with van der Waals surface area (Å²) in [4.78, 5) is 13.2. The van der Waals surface area contributed by atoms with Crippen molar-refractivity contribution < 1.29 is 0 Å².